The average molecular weight is 252 g/mol. The van der Waals surface area contributed by atoms with Crippen LogP contribution in [-0.4, -0.2) is 66.7 Å². The topological polar surface area (TPSA) is 135 Å². The lowest BCUT2D eigenvalue weighted by atomic mass is 10.0. The van der Waals surface area contributed by atoms with Crippen molar-refractivity contribution >= 4 is 0 Å². The highest BCUT2D eigenvalue weighted by Crippen LogP contribution is 2.21. The van der Waals surface area contributed by atoms with Crippen LogP contribution in [0.2, 0.25) is 0 Å². The van der Waals surface area contributed by atoms with Gasteiger partial charge in [-0.05, 0) is 0 Å². The summed E-state index contributed by atoms with van der Waals surface area (Å²) in [4.78, 5) is 10.0. The van der Waals surface area contributed by atoms with Gasteiger partial charge in [0.2, 0.25) is 0 Å². The van der Waals surface area contributed by atoms with Gasteiger partial charge in [-0.1, -0.05) is 5.18 Å². The number of hydrogen-bond donors (Lipinski definition) is 4. The second-order valence-corrected chi connectivity index (χ2v) is 3.39. The normalized spacial score (nSPS) is 32.5. The molecule has 8 nitrogen and oxygen atoms in total. The summed E-state index contributed by atoms with van der Waals surface area (Å²) >= 11 is 0. The highest BCUT2D eigenvalue weighted by molar-refractivity contribution is 4.82. The molecule has 1 rings (SSSR count). The van der Waals surface area contributed by atoms with E-state index in [1.54, 1.807) is 0 Å². The maximum Gasteiger partial charge on any atom is 0.186 e. The van der Waals surface area contributed by atoms with Gasteiger partial charge in [-0.25, -0.2) is 0 Å². The van der Waals surface area contributed by atoms with Crippen LogP contribution < -0.4 is 5.73 Å². The predicted molar refractivity (Wildman–Crippen MR) is 59.1 cm³/mol. The number of nitrogens with zero attached hydrogens (tertiary/aromatic N) is 1. The fraction of sp³-hybridized carbons (Fsp3) is 1.00. The molecule has 0 aliphatic carbocycles. The van der Waals surface area contributed by atoms with Crippen molar-refractivity contribution in [2.24, 2.45) is 10.9 Å². The first-order chi connectivity index (χ1) is 8.19. The van der Waals surface area contributed by atoms with Crippen molar-refractivity contribution in [3.05, 3.63) is 4.91 Å². The van der Waals surface area contributed by atoms with E-state index < -0.39 is 24.6 Å². The standard InChI is InChI=1S/C8H16N2O5.CH4O/c9-1-2-14-8-7(12)6(11)3-5(15-8)4-10-13;1-2/h5-8,11-12H,1-4,9H2;2H,1H3. The maximum atomic E-state index is 10.0. The van der Waals surface area contributed by atoms with Gasteiger partial charge in [0.1, 0.15) is 12.6 Å². The van der Waals surface area contributed by atoms with E-state index in [1.165, 1.54) is 0 Å². The van der Waals surface area contributed by atoms with Gasteiger partial charge in [0.15, 0.2) is 6.29 Å². The molecule has 4 atom stereocenters. The quantitative estimate of drug-likeness (QED) is 0.423. The molecule has 0 amide bonds. The number of aliphatic hydroxyl groups is 3. The Balaban J connectivity index is 0.00000121. The summed E-state index contributed by atoms with van der Waals surface area (Å²) in [6.45, 7) is 0.446. The van der Waals surface area contributed by atoms with Crippen LogP contribution in [0.15, 0.2) is 5.18 Å². The van der Waals surface area contributed by atoms with Gasteiger partial charge in [-0.15, -0.1) is 0 Å². The van der Waals surface area contributed by atoms with Crippen LogP contribution in [0.25, 0.3) is 0 Å². The van der Waals surface area contributed by atoms with E-state index in [4.69, 9.17) is 20.3 Å². The smallest absolute Gasteiger partial charge is 0.186 e. The highest BCUT2D eigenvalue weighted by atomic mass is 16.7. The van der Waals surface area contributed by atoms with Gasteiger partial charge in [0.25, 0.3) is 0 Å². The lowest BCUT2D eigenvalue weighted by Gasteiger charge is -2.35. The molecule has 8 heteroatoms. The Labute approximate surface area is 99.3 Å². The Bertz CT molecular complexity index is 206. The van der Waals surface area contributed by atoms with Crippen LogP contribution >= 0.6 is 0 Å². The van der Waals surface area contributed by atoms with Crippen LogP contribution in [0.5, 0.6) is 0 Å². The van der Waals surface area contributed by atoms with E-state index in [0.717, 1.165) is 7.11 Å². The van der Waals surface area contributed by atoms with E-state index in [1.807, 2.05) is 0 Å². The molecule has 0 aromatic carbocycles. The predicted octanol–water partition coefficient (Wildman–Crippen LogP) is -1.83. The summed E-state index contributed by atoms with van der Waals surface area (Å²) in [5.74, 6) is 0. The number of rotatable bonds is 5. The van der Waals surface area contributed by atoms with E-state index in [-0.39, 0.29) is 19.6 Å². The van der Waals surface area contributed by atoms with Crippen molar-refractivity contribution in [1.82, 2.24) is 0 Å². The molecule has 0 aromatic rings. The largest absolute Gasteiger partial charge is 0.400 e. The maximum absolute atomic E-state index is 10.0. The molecule has 4 unspecified atom stereocenters. The van der Waals surface area contributed by atoms with Gasteiger partial charge in [-0.2, -0.15) is 4.91 Å². The zero-order chi connectivity index (χ0) is 13.3. The van der Waals surface area contributed by atoms with Gasteiger partial charge in [-0.3, -0.25) is 0 Å². The van der Waals surface area contributed by atoms with Crippen molar-refractivity contribution in [2.75, 3.05) is 26.8 Å². The lowest BCUT2D eigenvalue weighted by molar-refractivity contribution is -0.263. The molecule has 0 spiro atoms. The Hall–Kier alpha value is -0.640. The minimum Gasteiger partial charge on any atom is -0.400 e. The number of ether oxygens (including phenoxy) is 2. The molecule has 5 N–H and O–H groups in total. The average Bonchev–Trinajstić information content (AvgIpc) is 2.34. The van der Waals surface area contributed by atoms with E-state index >= 15 is 0 Å². The lowest BCUT2D eigenvalue weighted by Crippen LogP contribution is -2.50. The van der Waals surface area contributed by atoms with Crippen molar-refractivity contribution in [1.29, 1.82) is 0 Å². The molecule has 1 heterocycles. The van der Waals surface area contributed by atoms with Crippen LogP contribution in [0.4, 0.5) is 0 Å². The fourth-order valence-electron chi connectivity index (χ4n) is 1.44. The Morgan fingerprint density at radius 3 is 2.65 bits per heavy atom. The molecule has 0 bridgehead atoms. The van der Waals surface area contributed by atoms with Crippen molar-refractivity contribution in [3.8, 4) is 0 Å². The second kappa shape index (κ2) is 9.40. The number of nitroso groups, excluding NO2 is 1. The highest BCUT2D eigenvalue weighted by Gasteiger charge is 2.37. The summed E-state index contributed by atoms with van der Waals surface area (Å²) in [6, 6.07) is 0. The minimum atomic E-state index is -1.11. The molecule has 1 aliphatic heterocycles. The van der Waals surface area contributed by atoms with Crippen molar-refractivity contribution < 1.29 is 24.8 Å². The third-order valence-electron chi connectivity index (χ3n) is 2.18. The van der Waals surface area contributed by atoms with E-state index in [2.05, 4.69) is 5.18 Å². The second-order valence-electron chi connectivity index (χ2n) is 3.39. The molecular formula is C9H20N2O6. The summed E-state index contributed by atoms with van der Waals surface area (Å²) in [7, 11) is 1.00. The summed E-state index contributed by atoms with van der Waals surface area (Å²) in [6.07, 6.45) is -3.35. The molecule has 0 aromatic heterocycles. The molecule has 1 aliphatic rings. The van der Waals surface area contributed by atoms with Crippen molar-refractivity contribution in [3.63, 3.8) is 0 Å². The zero-order valence-corrected chi connectivity index (χ0v) is 9.73. The molecule has 17 heavy (non-hydrogen) atoms. The van der Waals surface area contributed by atoms with Crippen LogP contribution in [0.3, 0.4) is 0 Å². The summed E-state index contributed by atoms with van der Waals surface area (Å²) in [5.41, 5.74) is 5.23. The molecule has 102 valence electrons. The Kier molecular flexibility index (Phi) is 9.04. The first-order valence-corrected chi connectivity index (χ1v) is 5.26. The van der Waals surface area contributed by atoms with Crippen LogP contribution in [0.1, 0.15) is 6.42 Å². The third kappa shape index (κ3) is 5.48. The third-order valence-corrected chi connectivity index (χ3v) is 2.18. The monoisotopic (exact) mass is 252 g/mol. The first-order valence-electron chi connectivity index (χ1n) is 5.26. The van der Waals surface area contributed by atoms with Crippen molar-refractivity contribution in [2.45, 2.75) is 31.0 Å². The fourth-order valence-corrected chi connectivity index (χ4v) is 1.44. The molecule has 1 saturated heterocycles. The number of aliphatic hydroxyl groups excluding tert-OH is 3. The van der Waals surface area contributed by atoms with E-state index in [9.17, 15) is 15.1 Å². The SMILES string of the molecule is CO.NCCOC1OC(CN=O)CC(O)C1O. The Morgan fingerprint density at radius 2 is 2.12 bits per heavy atom. The molecule has 0 radical (unpaired) electrons. The van der Waals surface area contributed by atoms with Crippen LogP contribution in [0, 0.1) is 4.91 Å². The molecule has 0 saturated carbocycles. The number of hydrogen-bond acceptors (Lipinski definition) is 8. The van der Waals surface area contributed by atoms with E-state index in [0.29, 0.717) is 6.54 Å². The van der Waals surface area contributed by atoms with Gasteiger partial charge in [0.05, 0.1) is 18.8 Å². The first kappa shape index (κ1) is 16.4. The number of nitrogens with two attached hydrogens (primary N) is 1. The summed E-state index contributed by atoms with van der Waals surface area (Å²) in [5, 5.41) is 28.6. The van der Waals surface area contributed by atoms with Gasteiger partial charge in [0, 0.05) is 20.1 Å². The van der Waals surface area contributed by atoms with Crippen LogP contribution in [-0.2, 0) is 9.47 Å². The van der Waals surface area contributed by atoms with Gasteiger partial charge >= 0.3 is 0 Å². The summed E-state index contributed by atoms with van der Waals surface area (Å²) < 4.78 is 10.3. The molecule has 1 fully saturated rings. The molecular weight excluding hydrogens is 232 g/mol. The Morgan fingerprint density at radius 1 is 1.47 bits per heavy atom. The van der Waals surface area contributed by atoms with Gasteiger partial charge < -0.3 is 30.5 Å². The minimum absolute atomic E-state index is 0.0632. The zero-order valence-electron chi connectivity index (χ0n) is 9.73.